The maximum absolute atomic E-state index is 12.9. The molecule has 12 heteroatoms. The van der Waals surface area contributed by atoms with Gasteiger partial charge in [-0.05, 0) is 40.4 Å². The van der Waals surface area contributed by atoms with Gasteiger partial charge in [0.25, 0.3) is 0 Å². The number of methoxy groups -OCH3 is 1. The lowest BCUT2D eigenvalue weighted by atomic mass is 10.0. The van der Waals surface area contributed by atoms with E-state index in [1.165, 1.54) is 12.0 Å². The molecule has 0 spiro atoms. The summed E-state index contributed by atoms with van der Waals surface area (Å²) in [5, 5.41) is 3.28. The van der Waals surface area contributed by atoms with Gasteiger partial charge < -0.3 is 19.4 Å². The molecule has 1 rings (SSSR count). The van der Waals surface area contributed by atoms with E-state index < -0.39 is 11.5 Å². The number of carbonyl (C=O) groups excluding carboxylic acids is 3. The number of likely N-dealkylation sites (N-methyl/N-ethyl adjacent to an activating group) is 3. The summed E-state index contributed by atoms with van der Waals surface area (Å²) in [6, 6.07) is 0. The molecule has 1 unspecified atom stereocenters. The van der Waals surface area contributed by atoms with Crippen LogP contribution in [-0.4, -0.2) is 167 Å². The first-order valence-electron chi connectivity index (χ1n) is 13.0. The molecule has 1 atom stereocenters. The molecule has 1 saturated heterocycles. The lowest BCUT2D eigenvalue weighted by Crippen LogP contribution is -2.50. The largest absolute Gasteiger partial charge is 0.469 e. The third-order valence-corrected chi connectivity index (χ3v) is 6.61. The van der Waals surface area contributed by atoms with Gasteiger partial charge >= 0.3 is 5.97 Å². The summed E-state index contributed by atoms with van der Waals surface area (Å²) in [4.78, 5) is 60.9. The van der Waals surface area contributed by atoms with Crippen LogP contribution in [0.1, 0.15) is 20.3 Å². The molecule has 0 saturated carbocycles. The molecule has 2 amide bonds. The zero-order chi connectivity index (χ0) is 28.2. The van der Waals surface area contributed by atoms with Crippen molar-refractivity contribution in [3.63, 3.8) is 0 Å². The minimum Gasteiger partial charge on any atom is -0.469 e. The van der Waals surface area contributed by atoms with Crippen molar-refractivity contribution >= 4 is 17.8 Å². The van der Waals surface area contributed by atoms with Crippen molar-refractivity contribution in [2.24, 2.45) is 11.1 Å². The maximum atomic E-state index is 12.9. The van der Waals surface area contributed by atoms with Crippen molar-refractivity contribution in [3.8, 4) is 0 Å². The number of amides is 2. The third-order valence-electron chi connectivity index (χ3n) is 6.61. The normalized spacial score (nSPS) is 20.6. The van der Waals surface area contributed by atoms with E-state index in [0.717, 1.165) is 26.1 Å². The van der Waals surface area contributed by atoms with E-state index in [9.17, 15) is 19.3 Å². The van der Waals surface area contributed by atoms with Crippen LogP contribution in [0.4, 0.5) is 0 Å². The lowest BCUT2D eigenvalue weighted by molar-refractivity contribution is -0.147. The van der Waals surface area contributed by atoms with Gasteiger partial charge in [0.1, 0.15) is 5.54 Å². The van der Waals surface area contributed by atoms with Gasteiger partial charge in [-0.3, -0.25) is 29.1 Å². The summed E-state index contributed by atoms with van der Waals surface area (Å²) in [5.41, 5.74) is -0.801. The lowest BCUT2D eigenvalue weighted by Gasteiger charge is -2.35. The fourth-order valence-corrected chi connectivity index (χ4v) is 4.25. The van der Waals surface area contributed by atoms with E-state index in [1.54, 1.807) is 46.9 Å². The van der Waals surface area contributed by atoms with Gasteiger partial charge in [-0.15, -0.1) is 0 Å². The minimum absolute atomic E-state index is 0.0277. The molecule has 0 aromatic carbocycles. The third kappa shape index (κ3) is 12.8. The highest BCUT2D eigenvalue weighted by Crippen LogP contribution is 2.15. The van der Waals surface area contributed by atoms with Crippen molar-refractivity contribution < 1.29 is 19.1 Å². The first-order chi connectivity index (χ1) is 17.3. The first kappa shape index (κ1) is 32.9. The molecule has 0 aromatic heterocycles. The smallest absolute Gasteiger partial charge is 0.311 e. The van der Waals surface area contributed by atoms with E-state index in [0.29, 0.717) is 45.8 Å². The van der Waals surface area contributed by atoms with E-state index in [2.05, 4.69) is 26.9 Å². The Kier molecular flexibility index (Phi) is 14.2. The summed E-state index contributed by atoms with van der Waals surface area (Å²) in [6.45, 7) is 9.24. The van der Waals surface area contributed by atoms with Gasteiger partial charge in [0.05, 0.1) is 26.1 Å². The molecular weight excluding hydrogens is 478 g/mol. The fourth-order valence-electron chi connectivity index (χ4n) is 4.25. The molecule has 0 radical (unpaired) electrons. The number of nitrogens with zero attached hydrogens (tertiary/aromatic N) is 7. The molecule has 37 heavy (non-hydrogen) atoms. The Morgan fingerprint density at radius 3 is 1.89 bits per heavy atom. The number of nitroso groups, excluding NO2 is 1. The van der Waals surface area contributed by atoms with Gasteiger partial charge in [-0.2, -0.15) is 4.91 Å². The zero-order valence-corrected chi connectivity index (χ0v) is 24.2. The molecule has 12 nitrogen and oxygen atoms in total. The van der Waals surface area contributed by atoms with E-state index in [1.807, 2.05) is 4.90 Å². The quantitative estimate of drug-likeness (QED) is 0.311. The Hall–Kier alpha value is -2.15. The van der Waals surface area contributed by atoms with E-state index in [-0.39, 0.29) is 24.3 Å². The number of rotatable bonds is 8. The maximum Gasteiger partial charge on any atom is 0.311 e. The Labute approximate surface area is 222 Å². The highest BCUT2D eigenvalue weighted by molar-refractivity contribution is 5.78. The van der Waals surface area contributed by atoms with Gasteiger partial charge in [-0.25, -0.2) is 0 Å². The van der Waals surface area contributed by atoms with Crippen molar-refractivity contribution in [1.82, 2.24) is 29.4 Å². The van der Waals surface area contributed by atoms with Crippen LogP contribution >= 0.6 is 0 Å². The van der Waals surface area contributed by atoms with Crippen LogP contribution in [0.5, 0.6) is 0 Å². The van der Waals surface area contributed by atoms with Crippen LogP contribution in [0.15, 0.2) is 5.18 Å². The average molecular weight is 528 g/mol. The molecule has 0 aliphatic carbocycles. The van der Waals surface area contributed by atoms with E-state index in [4.69, 9.17) is 4.74 Å². The predicted molar refractivity (Wildman–Crippen MR) is 144 cm³/mol. The van der Waals surface area contributed by atoms with Crippen LogP contribution in [0, 0.1) is 10.8 Å². The van der Waals surface area contributed by atoms with Crippen LogP contribution in [0.3, 0.4) is 0 Å². The number of hydrogen-bond acceptors (Lipinski definition) is 10. The first-order valence-corrected chi connectivity index (χ1v) is 13.0. The zero-order valence-electron chi connectivity index (χ0n) is 24.2. The topological polar surface area (TPSA) is 109 Å². The Morgan fingerprint density at radius 2 is 1.35 bits per heavy atom. The van der Waals surface area contributed by atoms with Crippen molar-refractivity contribution in [3.05, 3.63) is 4.91 Å². The standard InChI is InChI=1S/C25H49N7O5/c1-25(2,26-36)20-32-13-12-29(7)10-9-11-30(18-22(33)27(3)4)14-15-31(19-23(34)28(5)6)16-21(17-32)24(35)37-8/h21H,9-20H2,1-8H3. The van der Waals surface area contributed by atoms with Crippen LogP contribution < -0.4 is 0 Å². The van der Waals surface area contributed by atoms with Gasteiger partial charge in [-0.1, -0.05) is 5.18 Å². The summed E-state index contributed by atoms with van der Waals surface area (Å²) < 4.78 is 5.14. The van der Waals surface area contributed by atoms with Crippen molar-refractivity contribution in [1.29, 1.82) is 0 Å². The van der Waals surface area contributed by atoms with Crippen LogP contribution in [0.2, 0.25) is 0 Å². The molecule has 1 heterocycles. The fraction of sp³-hybridized carbons (Fsp3) is 0.880. The number of hydrogen-bond donors (Lipinski definition) is 0. The monoisotopic (exact) mass is 527 g/mol. The van der Waals surface area contributed by atoms with Crippen LogP contribution in [0.25, 0.3) is 0 Å². The molecule has 1 aliphatic rings. The second kappa shape index (κ2) is 16.0. The summed E-state index contributed by atoms with van der Waals surface area (Å²) >= 11 is 0. The highest BCUT2D eigenvalue weighted by Gasteiger charge is 2.30. The van der Waals surface area contributed by atoms with Crippen molar-refractivity contribution in [2.45, 2.75) is 25.8 Å². The Balaban J connectivity index is 3.25. The molecular formula is C25H49N7O5. The second-order valence-corrected chi connectivity index (χ2v) is 11.1. The predicted octanol–water partition coefficient (Wildman–Crippen LogP) is -0.261. The van der Waals surface area contributed by atoms with Gasteiger partial charge in [0.2, 0.25) is 11.8 Å². The molecule has 0 bridgehead atoms. The molecule has 1 aliphatic heterocycles. The highest BCUT2D eigenvalue weighted by atomic mass is 16.5. The van der Waals surface area contributed by atoms with Gasteiger partial charge in [0, 0.05) is 74.0 Å². The molecule has 0 aromatic rings. The average Bonchev–Trinajstić information content (AvgIpc) is 2.83. The SMILES string of the molecule is COC(=O)C1CN(CC(=O)N(C)C)CCN(CC(=O)N(C)C)CCCN(C)CCN(CC(C)(C)N=O)C1. The molecule has 1 fully saturated rings. The Morgan fingerprint density at radius 1 is 0.838 bits per heavy atom. The number of esters is 1. The molecule has 214 valence electrons. The Bertz CT molecular complexity index is 747. The van der Waals surface area contributed by atoms with Gasteiger partial charge in [0.15, 0.2) is 0 Å². The summed E-state index contributed by atoms with van der Waals surface area (Å²) in [5.74, 6) is -0.915. The molecule has 0 N–H and O–H groups in total. The van der Waals surface area contributed by atoms with Crippen molar-refractivity contribution in [2.75, 3.05) is 114 Å². The summed E-state index contributed by atoms with van der Waals surface area (Å²) in [6.07, 6.45) is 0.889. The number of ether oxygens (including phenoxy) is 1. The second-order valence-electron chi connectivity index (χ2n) is 11.1. The summed E-state index contributed by atoms with van der Waals surface area (Å²) in [7, 11) is 10.3. The minimum atomic E-state index is -0.801. The number of carbonyl (C=O) groups is 3. The van der Waals surface area contributed by atoms with E-state index >= 15 is 0 Å². The van der Waals surface area contributed by atoms with Crippen LogP contribution in [-0.2, 0) is 19.1 Å².